The first-order chi connectivity index (χ1) is 12.5. The van der Waals surface area contributed by atoms with Crippen LogP contribution in [0.3, 0.4) is 0 Å². The van der Waals surface area contributed by atoms with E-state index in [0.717, 1.165) is 44.2 Å². The van der Waals surface area contributed by atoms with Gasteiger partial charge in [-0.2, -0.15) is 4.68 Å². The van der Waals surface area contributed by atoms with Crippen molar-refractivity contribution in [2.24, 2.45) is 0 Å². The van der Waals surface area contributed by atoms with Gasteiger partial charge < -0.3 is 10.2 Å². The maximum Gasteiger partial charge on any atom is 0.250 e. The molecule has 1 aromatic carbocycles. The van der Waals surface area contributed by atoms with Gasteiger partial charge in [-0.1, -0.05) is 30.2 Å². The van der Waals surface area contributed by atoms with E-state index >= 15 is 0 Å². The highest BCUT2D eigenvalue weighted by molar-refractivity contribution is 5.78. The molecule has 1 aromatic heterocycles. The second-order valence-electron chi connectivity index (χ2n) is 7.28. The molecule has 1 saturated heterocycles. The Morgan fingerprint density at radius 1 is 1.15 bits per heavy atom. The summed E-state index contributed by atoms with van der Waals surface area (Å²) in [6.07, 6.45) is 0.911. The van der Waals surface area contributed by atoms with Gasteiger partial charge in [0.1, 0.15) is 0 Å². The van der Waals surface area contributed by atoms with Crippen LogP contribution in [0.15, 0.2) is 30.3 Å². The molecule has 2 aromatic rings. The molecule has 140 valence electrons. The van der Waals surface area contributed by atoms with Gasteiger partial charge in [0.2, 0.25) is 11.9 Å². The second kappa shape index (κ2) is 7.82. The topological polar surface area (TPSA) is 79.2 Å². The zero-order chi connectivity index (χ0) is 18.6. The van der Waals surface area contributed by atoms with Crippen molar-refractivity contribution >= 4 is 11.9 Å². The van der Waals surface area contributed by atoms with Crippen LogP contribution in [0, 0.1) is 0 Å². The number of piperazine rings is 1. The number of hydrogen-bond acceptors (Lipinski definition) is 6. The van der Waals surface area contributed by atoms with Crippen LogP contribution in [0.25, 0.3) is 5.69 Å². The van der Waals surface area contributed by atoms with Crippen molar-refractivity contribution in [3.05, 3.63) is 30.3 Å². The van der Waals surface area contributed by atoms with E-state index < -0.39 is 0 Å². The standard InChI is InChI=1S/C18H27N7O/c1-4-18(2,3)19-16(26)14-23-10-12-24(13-11-23)17-20-21-22-25(17)15-8-6-5-7-9-15/h5-9H,4,10-14H2,1-3H3,(H,19,26). The zero-order valence-electron chi connectivity index (χ0n) is 15.7. The van der Waals surface area contributed by atoms with E-state index in [9.17, 15) is 4.79 Å². The van der Waals surface area contributed by atoms with Crippen molar-refractivity contribution in [1.82, 2.24) is 30.4 Å². The molecular formula is C18H27N7O. The van der Waals surface area contributed by atoms with Gasteiger partial charge in [0.15, 0.2) is 0 Å². The first-order valence-electron chi connectivity index (χ1n) is 9.10. The molecule has 8 nitrogen and oxygen atoms in total. The van der Waals surface area contributed by atoms with E-state index in [4.69, 9.17) is 0 Å². The fourth-order valence-electron chi connectivity index (χ4n) is 2.93. The van der Waals surface area contributed by atoms with Crippen LogP contribution >= 0.6 is 0 Å². The summed E-state index contributed by atoms with van der Waals surface area (Å²) >= 11 is 0. The third kappa shape index (κ3) is 4.37. The number of anilines is 1. The third-order valence-electron chi connectivity index (χ3n) is 4.84. The highest BCUT2D eigenvalue weighted by Crippen LogP contribution is 2.17. The number of nitrogens with zero attached hydrogens (tertiary/aromatic N) is 6. The second-order valence-corrected chi connectivity index (χ2v) is 7.28. The molecule has 8 heteroatoms. The van der Waals surface area contributed by atoms with Gasteiger partial charge in [0, 0.05) is 31.7 Å². The molecule has 1 fully saturated rings. The molecular weight excluding hydrogens is 330 g/mol. The Hall–Kier alpha value is -2.48. The Balaban J connectivity index is 1.57. The van der Waals surface area contributed by atoms with Crippen LogP contribution in [0.4, 0.5) is 5.95 Å². The molecule has 0 radical (unpaired) electrons. The Kier molecular flexibility index (Phi) is 5.51. The lowest BCUT2D eigenvalue weighted by atomic mass is 10.0. The van der Waals surface area contributed by atoms with E-state index in [1.807, 2.05) is 44.2 Å². The number of nitrogens with one attached hydrogen (secondary N) is 1. The van der Waals surface area contributed by atoms with Crippen molar-refractivity contribution in [2.45, 2.75) is 32.7 Å². The zero-order valence-corrected chi connectivity index (χ0v) is 15.7. The van der Waals surface area contributed by atoms with Crippen LogP contribution in [0.5, 0.6) is 0 Å². The quantitative estimate of drug-likeness (QED) is 0.834. The number of para-hydroxylation sites is 1. The number of aromatic nitrogens is 4. The number of rotatable bonds is 6. The largest absolute Gasteiger partial charge is 0.350 e. The summed E-state index contributed by atoms with van der Waals surface area (Å²) in [6.45, 7) is 9.80. The number of benzene rings is 1. The number of tetrazole rings is 1. The predicted octanol–water partition coefficient (Wildman–Crippen LogP) is 1.09. The Bertz CT molecular complexity index is 720. The van der Waals surface area contributed by atoms with Gasteiger partial charge in [0.05, 0.1) is 12.2 Å². The van der Waals surface area contributed by atoms with Crippen LogP contribution in [-0.4, -0.2) is 69.3 Å². The average Bonchev–Trinajstić information content (AvgIpc) is 3.12. The van der Waals surface area contributed by atoms with Gasteiger partial charge in [-0.25, -0.2) is 0 Å². The van der Waals surface area contributed by atoms with Crippen LogP contribution < -0.4 is 10.2 Å². The smallest absolute Gasteiger partial charge is 0.250 e. The summed E-state index contributed by atoms with van der Waals surface area (Å²) in [5.41, 5.74) is 0.785. The molecule has 0 spiro atoms. The average molecular weight is 357 g/mol. The number of amides is 1. The van der Waals surface area contributed by atoms with Crippen LogP contribution in [0.2, 0.25) is 0 Å². The van der Waals surface area contributed by atoms with E-state index in [2.05, 4.69) is 37.6 Å². The summed E-state index contributed by atoms with van der Waals surface area (Å²) in [4.78, 5) is 16.6. The molecule has 3 rings (SSSR count). The van der Waals surface area contributed by atoms with Gasteiger partial charge in [-0.15, -0.1) is 0 Å². The van der Waals surface area contributed by atoms with Gasteiger partial charge in [-0.05, 0) is 42.8 Å². The minimum atomic E-state index is -0.156. The van der Waals surface area contributed by atoms with Crippen molar-refractivity contribution < 1.29 is 4.79 Å². The van der Waals surface area contributed by atoms with E-state index in [0.29, 0.717) is 6.54 Å². The maximum absolute atomic E-state index is 12.2. The molecule has 1 aliphatic heterocycles. The van der Waals surface area contributed by atoms with Crippen molar-refractivity contribution in [1.29, 1.82) is 0 Å². The summed E-state index contributed by atoms with van der Waals surface area (Å²) in [5.74, 6) is 0.826. The van der Waals surface area contributed by atoms with Crippen molar-refractivity contribution in [3.8, 4) is 5.69 Å². The summed E-state index contributed by atoms with van der Waals surface area (Å²) in [6, 6.07) is 9.87. The van der Waals surface area contributed by atoms with Crippen molar-refractivity contribution in [3.63, 3.8) is 0 Å². The first-order valence-corrected chi connectivity index (χ1v) is 9.10. The third-order valence-corrected chi connectivity index (χ3v) is 4.84. The summed E-state index contributed by atoms with van der Waals surface area (Å²) < 4.78 is 1.76. The summed E-state index contributed by atoms with van der Waals surface area (Å²) in [7, 11) is 0. The van der Waals surface area contributed by atoms with Crippen LogP contribution in [0.1, 0.15) is 27.2 Å². The van der Waals surface area contributed by atoms with Gasteiger partial charge in [-0.3, -0.25) is 9.69 Å². The SMILES string of the molecule is CCC(C)(C)NC(=O)CN1CCN(c2nnnn2-c2ccccc2)CC1. The molecule has 2 heterocycles. The maximum atomic E-state index is 12.2. The Morgan fingerprint density at radius 3 is 2.50 bits per heavy atom. The van der Waals surface area contributed by atoms with Crippen LogP contribution in [-0.2, 0) is 4.79 Å². The molecule has 1 amide bonds. The molecule has 0 bridgehead atoms. The lowest BCUT2D eigenvalue weighted by Gasteiger charge is -2.35. The Labute approximate surface area is 154 Å². The highest BCUT2D eigenvalue weighted by atomic mass is 16.2. The van der Waals surface area contributed by atoms with Crippen molar-refractivity contribution in [2.75, 3.05) is 37.6 Å². The molecule has 0 atom stereocenters. The number of carbonyl (C=O) groups is 1. The molecule has 1 aliphatic rings. The normalized spacial score (nSPS) is 15.9. The molecule has 1 N–H and O–H groups in total. The summed E-state index contributed by atoms with van der Waals surface area (Å²) in [5, 5.41) is 15.2. The lowest BCUT2D eigenvalue weighted by molar-refractivity contribution is -0.123. The number of carbonyl (C=O) groups excluding carboxylic acids is 1. The van der Waals surface area contributed by atoms with E-state index in [1.165, 1.54) is 0 Å². The van der Waals surface area contributed by atoms with Gasteiger partial charge >= 0.3 is 0 Å². The van der Waals surface area contributed by atoms with Gasteiger partial charge in [0.25, 0.3) is 0 Å². The molecule has 0 saturated carbocycles. The van der Waals surface area contributed by atoms with E-state index in [-0.39, 0.29) is 11.4 Å². The van der Waals surface area contributed by atoms with E-state index in [1.54, 1.807) is 4.68 Å². The molecule has 0 unspecified atom stereocenters. The number of hydrogen-bond donors (Lipinski definition) is 1. The fraction of sp³-hybridized carbons (Fsp3) is 0.556. The Morgan fingerprint density at radius 2 is 1.85 bits per heavy atom. The predicted molar refractivity (Wildman–Crippen MR) is 100 cm³/mol. The minimum Gasteiger partial charge on any atom is -0.350 e. The minimum absolute atomic E-state index is 0.0828. The monoisotopic (exact) mass is 357 g/mol. The highest BCUT2D eigenvalue weighted by Gasteiger charge is 2.25. The first kappa shape index (κ1) is 18.3. The fourth-order valence-corrected chi connectivity index (χ4v) is 2.93. The molecule has 26 heavy (non-hydrogen) atoms. The lowest BCUT2D eigenvalue weighted by Crippen LogP contribution is -2.52. The molecule has 0 aliphatic carbocycles.